The molecule has 0 aliphatic rings. The fraction of sp³-hybridized carbons (Fsp3) is 0.385. The summed E-state index contributed by atoms with van der Waals surface area (Å²) < 4.78 is 13.9. The number of halogens is 3. The van der Waals surface area contributed by atoms with Gasteiger partial charge in [-0.15, -0.1) is 19.0 Å². The SMILES string of the molecule is C=CCN(CCN)C(C)c1cccc(Cl)c1F.Cl. The van der Waals surface area contributed by atoms with Gasteiger partial charge in [0.15, 0.2) is 0 Å². The lowest BCUT2D eigenvalue weighted by Crippen LogP contribution is -2.32. The largest absolute Gasteiger partial charge is 0.329 e. The van der Waals surface area contributed by atoms with E-state index in [-0.39, 0.29) is 29.3 Å². The maximum absolute atomic E-state index is 13.9. The van der Waals surface area contributed by atoms with Gasteiger partial charge in [-0.25, -0.2) is 4.39 Å². The van der Waals surface area contributed by atoms with Gasteiger partial charge in [0.05, 0.1) is 5.02 Å². The third kappa shape index (κ3) is 4.25. The Morgan fingerprint density at radius 3 is 2.78 bits per heavy atom. The third-order valence-electron chi connectivity index (χ3n) is 2.76. The average Bonchev–Trinajstić information content (AvgIpc) is 2.31. The fourth-order valence-electron chi connectivity index (χ4n) is 1.81. The summed E-state index contributed by atoms with van der Waals surface area (Å²) in [6.45, 7) is 7.53. The van der Waals surface area contributed by atoms with Gasteiger partial charge in [0, 0.05) is 31.2 Å². The van der Waals surface area contributed by atoms with Crippen molar-refractivity contribution in [3.05, 3.63) is 47.3 Å². The maximum atomic E-state index is 13.9. The van der Waals surface area contributed by atoms with E-state index in [1.807, 2.05) is 6.92 Å². The quantitative estimate of drug-likeness (QED) is 0.814. The number of nitrogens with zero attached hydrogens (tertiary/aromatic N) is 1. The molecule has 102 valence electrons. The highest BCUT2D eigenvalue weighted by Crippen LogP contribution is 2.26. The molecule has 0 aromatic heterocycles. The molecule has 0 spiro atoms. The minimum atomic E-state index is -0.354. The standard InChI is InChI=1S/C13H18ClFN2.ClH/c1-3-8-17(9-7-16)10(2)11-5-4-6-12(14)13(11)15;/h3-6,10H,1,7-9,16H2,2H3;1H. The molecular weight excluding hydrogens is 274 g/mol. The van der Waals surface area contributed by atoms with Crippen LogP contribution in [0, 0.1) is 5.82 Å². The van der Waals surface area contributed by atoms with Crippen LogP contribution in [0.5, 0.6) is 0 Å². The van der Waals surface area contributed by atoms with E-state index in [1.54, 1.807) is 24.3 Å². The van der Waals surface area contributed by atoms with E-state index in [0.29, 0.717) is 25.2 Å². The predicted octanol–water partition coefficient (Wildman–Crippen LogP) is 3.41. The van der Waals surface area contributed by atoms with Crippen LogP contribution in [-0.2, 0) is 0 Å². The van der Waals surface area contributed by atoms with Gasteiger partial charge in [0.1, 0.15) is 5.82 Å². The Balaban J connectivity index is 0.00000289. The Hall–Kier alpha value is -0.610. The first-order valence-electron chi connectivity index (χ1n) is 5.60. The molecule has 1 unspecified atom stereocenters. The molecule has 0 aliphatic heterocycles. The molecule has 5 heteroatoms. The summed E-state index contributed by atoms with van der Waals surface area (Å²) in [4.78, 5) is 2.06. The Morgan fingerprint density at radius 2 is 2.22 bits per heavy atom. The van der Waals surface area contributed by atoms with Crippen molar-refractivity contribution in [1.29, 1.82) is 0 Å². The molecule has 2 N–H and O–H groups in total. The summed E-state index contributed by atoms with van der Waals surface area (Å²) in [6, 6.07) is 4.98. The minimum Gasteiger partial charge on any atom is -0.329 e. The van der Waals surface area contributed by atoms with E-state index >= 15 is 0 Å². The number of nitrogens with two attached hydrogens (primary N) is 1. The molecule has 1 aromatic carbocycles. The highest BCUT2D eigenvalue weighted by Gasteiger charge is 2.18. The van der Waals surface area contributed by atoms with Gasteiger partial charge >= 0.3 is 0 Å². The topological polar surface area (TPSA) is 29.3 Å². The van der Waals surface area contributed by atoms with Crippen molar-refractivity contribution in [1.82, 2.24) is 4.90 Å². The van der Waals surface area contributed by atoms with Crippen LogP contribution in [-0.4, -0.2) is 24.5 Å². The Labute approximate surface area is 119 Å². The molecule has 1 atom stereocenters. The summed E-state index contributed by atoms with van der Waals surface area (Å²) in [7, 11) is 0. The first-order valence-corrected chi connectivity index (χ1v) is 5.98. The van der Waals surface area contributed by atoms with Gasteiger partial charge in [-0.05, 0) is 13.0 Å². The highest BCUT2D eigenvalue weighted by molar-refractivity contribution is 6.30. The first-order chi connectivity index (χ1) is 8.11. The normalized spacial score (nSPS) is 12.1. The van der Waals surface area contributed by atoms with Crippen molar-refractivity contribution in [3.8, 4) is 0 Å². The molecular formula is C13H19Cl2FN2. The van der Waals surface area contributed by atoms with Crippen LogP contribution in [0.4, 0.5) is 4.39 Å². The van der Waals surface area contributed by atoms with Crippen LogP contribution in [0.25, 0.3) is 0 Å². The van der Waals surface area contributed by atoms with Gasteiger partial charge in [-0.2, -0.15) is 0 Å². The Morgan fingerprint density at radius 1 is 1.56 bits per heavy atom. The minimum absolute atomic E-state index is 0. The molecule has 1 aromatic rings. The summed E-state index contributed by atoms with van der Waals surface area (Å²) in [5, 5.41) is 0.153. The Kier molecular flexibility index (Phi) is 8.20. The second kappa shape index (κ2) is 8.48. The van der Waals surface area contributed by atoms with Gasteiger partial charge in [-0.1, -0.05) is 29.8 Å². The fourth-order valence-corrected chi connectivity index (χ4v) is 2.00. The molecule has 18 heavy (non-hydrogen) atoms. The molecule has 0 radical (unpaired) electrons. The van der Waals surface area contributed by atoms with Crippen molar-refractivity contribution < 1.29 is 4.39 Å². The smallest absolute Gasteiger partial charge is 0.146 e. The lowest BCUT2D eigenvalue weighted by atomic mass is 10.1. The summed E-state index contributed by atoms with van der Waals surface area (Å²) in [5.41, 5.74) is 6.14. The molecule has 0 saturated heterocycles. The summed E-state index contributed by atoms with van der Waals surface area (Å²) in [5.74, 6) is -0.354. The van der Waals surface area contributed by atoms with Crippen LogP contribution < -0.4 is 5.73 Å². The highest BCUT2D eigenvalue weighted by atomic mass is 35.5. The van der Waals surface area contributed by atoms with Crippen molar-refractivity contribution >= 4 is 24.0 Å². The molecule has 0 fully saturated rings. The second-order valence-electron chi connectivity index (χ2n) is 3.89. The van der Waals surface area contributed by atoms with E-state index in [2.05, 4.69) is 11.5 Å². The maximum Gasteiger partial charge on any atom is 0.146 e. The zero-order valence-corrected chi connectivity index (χ0v) is 12.0. The van der Waals surface area contributed by atoms with Crippen LogP contribution in [0.1, 0.15) is 18.5 Å². The van der Waals surface area contributed by atoms with Crippen LogP contribution in [0.2, 0.25) is 5.02 Å². The zero-order chi connectivity index (χ0) is 12.8. The van der Waals surface area contributed by atoms with Crippen molar-refractivity contribution in [3.63, 3.8) is 0 Å². The molecule has 0 saturated carbocycles. The molecule has 2 nitrogen and oxygen atoms in total. The molecule has 0 aliphatic carbocycles. The first kappa shape index (κ1) is 17.4. The molecule has 0 amide bonds. The monoisotopic (exact) mass is 292 g/mol. The van der Waals surface area contributed by atoms with E-state index in [9.17, 15) is 4.39 Å². The summed E-state index contributed by atoms with van der Waals surface area (Å²) in [6.07, 6.45) is 1.79. The molecule has 0 bridgehead atoms. The molecule has 1 rings (SSSR count). The van der Waals surface area contributed by atoms with Crippen LogP contribution in [0.15, 0.2) is 30.9 Å². The van der Waals surface area contributed by atoms with Crippen LogP contribution in [0.3, 0.4) is 0 Å². The third-order valence-corrected chi connectivity index (χ3v) is 3.05. The number of hydrogen-bond acceptors (Lipinski definition) is 2. The summed E-state index contributed by atoms with van der Waals surface area (Å²) >= 11 is 5.78. The van der Waals surface area contributed by atoms with E-state index in [4.69, 9.17) is 17.3 Å². The van der Waals surface area contributed by atoms with Crippen molar-refractivity contribution in [2.24, 2.45) is 5.73 Å². The van der Waals surface area contributed by atoms with E-state index in [0.717, 1.165) is 0 Å². The van der Waals surface area contributed by atoms with Crippen molar-refractivity contribution in [2.45, 2.75) is 13.0 Å². The van der Waals surface area contributed by atoms with E-state index in [1.165, 1.54) is 0 Å². The average molecular weight is 293 g/mol. The lowest BCUT2D eigenvalue weighted by Gasteiger charge is -2.28. The van der Waals surface area contributed by atoms with Gasteiger partial charge in [0.25, 0.3) is 0 Å². The van der Waals surface area contributed by atoms with E-state index < -0.39 is 0 Å². The molecule has 0 heterocycles. The zero-order valence-electron chi connectivity index (χ0n) is 10.4. The van der Waals surface area contributed by atoms with Crippen molar-refractivity contribution in [2.75, 3.05) is 19.6 Å². The second-order valence-corrected chi connectivity index (χ2v) is 4.30. The lowest BCUT2D eigenvalue weighted by molar-refractivity contribution is 0.236. The van der Waals surface area contributed by atoms with Gasteiger partial charge < -0.3 is 5.73 Å². The number of benzene rings is 1. The number of rotatable bonds is 6. The van der Waals surface area contributed by atoms with Crippen LogP contribution >= 0.6 is 24.0 Å². The van der Waals surface area contributed by atoms with Gasteiger partial charge in [0.2, 0.25) is 0 Å². The van der Waals surface area contributed by atoms with Gasteiger partial charge in [-0.3, -0.25) is 4.90 Å². The Bertz CT molecular complexity index is 385. The predicted molar refractivity (Wildman–Crippen MR) is 77.9 cm³/mol. The number of hydrogen-bond donors (Lipinski definition) is 1.